The fraction of sp³-hybridized carbons (Fsp3) is 0.0417. The van der Waals surface area contributed by atoms with Crippen LogP contribution in [0.15, 0.2) is 84.0 Å². The normalized spacial score (nSPS) is 11.0. The van der Waals surface area contributed by atoms with Crippen molar-refractivity contribution in [1.82, 2.24) is 10.4 Å². The van der Waals surface area contributed by atoms with Gasteiger partial charge in [0.1, 0.15) is 17.5 Å². The van der Waals surface area contributed by atoms with Gasteiger partial charge in [-0.05, 0) is 42.0 Å². The highest BCUT2D eigenvalue weighted by atomic mass is 35.5. The third-order valence-corrected chi connectivity index (χ3v) is 5.07. The van der Waals surface area contributed by atoms with Crippen LogP contribution >= 0.6 is 23.2 Å². The van der Waals surface area contributed by atoms with E-state index in [2.05, 4.69) is 15.5 Å². The van der Waals surface area contributed by atoms with Gasteiger partial charge in [0.15, 0.2) is 0 Å². The van der Waals surface area contributed by atoms with E-state index in [0.29, 0.717) is 33.7 Å². The molecule has 0 aliphatic carbocycles. The number of rotatable bonds is 6. The van der Waals surface area contributed by atoms with Crippen molar-refractivity contribution < 1.29 is 9.53 Å². The molecule has 0 saturated heterocycles. The topological polar surface area (TPSA) is 63.6 Å². The molecule has 5 nitrogen and oxygen atoms in total. The summed E-state index contributed by atoms with van der Waals surface area (Å²) in [6, 6.07) is 23.8. The molecule has 0 spiro atoms. The average molecular weight is 450 g/mol. The summed E-state index contributed by atoms with van der Waals surface area (Å²) in [4.78, 5) is 17.0. The van der Waals surface area contributed by atoms with Crippen LogP contribution in [0.3, 0.4) is 0 Å². The van der Waals surface area contributed by atoms with Crippen LogP contribution < -0.4 is 10.2 Å². The van der Waals surface area contributed by atoms with Crippen molar-refractivity contribution in [2.45, 2.75) is 6.61 Å². The third kappa shape index (κ3) is 5.20. The van der Waals surface area contributed by atoms with Crippen LogP contribution in [-0.4, -0.2) is 17.1 Å². The summed E-state index contributed by atoms with van der Waals surface area (Å²) in [6.07, 6.45) is 1.47. The SMILES string of the molecule is O=C(N/N=C/c1cc2ccccc2nc1Cl)c1ccccc1OCc1ccc(Cl)cc1. The van der Waals surface area contributed by atoms with E-state index < -0.39 is 5.91 Å². The maximum atomic E-state index is 12.6. The van der Waals surface area contributed by atoms with Gasteiger partial charge in [-0.1, -0.05) is 65.7 Å². The van der Waals surface area contributed by atoms with E-state index in [1.807, 2.05) is 42.5 Å². The number of hydrogen-bond donors (Lipinski definition) is 1. The number of para-hydroxylation sites is 2. The highest BCUT2D eigenvalue weighted by Crippen LogP contribution is 2.21. The highest BCUT2D eigenvalue weighted by Gasteiger charge is 2.12. The maximum Gasteiger partial charge on any atom is 0.275 e. The first-order valence-electron chi connectivity index (χ1n) is 9.45. The summed E-state index contributed by atoms with van der Waals surface area (Å²) in [5.74, 6) is 0.0587. The summed E-state index contributed by atoms with van der Waals surface area (Å²) in [7, 11) is 0. The monoisotopic (exact) mass is 449 g/mol. The lowest BCUT2D eigenvalue weighted by Crippen LogP contribution is -2.18. The lowest BCUT2D eigenvalue weighted by atomic mass is 10.2. The van der Waals surface area contributed by atoms with E-state index >= 15 is 0 Å². The van der Waals surface area contributed by atoms with Gasteiger partial charge in [-0.2, -0.15) is 5.10 Å². The molecule has 3 aromatic carbocycles. The minimum Gasteiger partial charge on any atom is -0.488 e. The second-order valence-corrected chi connectivity index (χ2v) is 7.47. The first-order chi connectivity index (χ1) is 15.1. The lowest BCUT2D eigenvalue weighted by molar-refractivity contribution is 0.0950. The molecular formula is C24H17Cl2N3O2. The van der Waals surface area contributed by atoms with Crippen molar-refractivity contribution in [3.63, 3.8) is 0 Å². The van der Waals surface area contributed by atoms with Crippen LogP contribution in [0.1, 0.15) is 21.5 Å². The molecule has 0 fully saturated rings. The molecule has 154 valence electrons. The number of aromatic nitrogens is 1. The number of fused-ring (bicyclic) bond motifs is 1. The predicted octanol–water partition coefficient (Wildman–Crippen LogP) is 5.88. The van der Waals surface area contributed by atoms with Gasteiger partial charge in [-0.3, -0.25) is 4.79 Å². The molecule has 1 heterocycles. The predicted molar refractivity (Wildman–Crippen MR) is 124 cm³/mol. The quantitative estimate of drug-likeness (QED) is 0.227. The number of nitrogens with one attached hydrogen (secondary N) is 1. The van der Waals surface area contributed by atoms with Crippen LogP contribution in [0.2, 0.25) is 10.2 Å². The van der Waals surface area contributed by atoms with Gasteiger partial charge in [-0.25, -0.2) is 10.4 Å². The van der Waals surface area contributed by atoms with E-state index in [-0.39, 0.29) is 0 Å². The van der Waals surface area contributed by atoms with Gasteiger partial charge >= 0.3 is 0 Å². The van der Waals surface area contributed by atoms with Crippen LogP contribution in [0.25, 0.3) is 10.9 Å². The molecular weight excluding hydrogens is 433 g/mol. The Kier molecular flexibility index (Phi) is 6.46. The molecule has 1 N–H and O–H groups in total. The number of carbonyl (C=O) groups excluding carboxylic acids is 1. The largest absolute Gasteiger partial charge is 0.488 e. The molecule has 0 aliphatic rings. The summed E-state index contributed by atoms with van der Waals surface area (Å²) < 4.78 is 5.83. The first-order valence-corrected chi connectivity index (χ1v) is 10.2. The lowest BCUT2D eigenvalue weighted by Gasteiger charge is -2.10. The van der Waals surface area contributed by atoms with Gasteiger partial charge in [0.2, 0.25) is 0 Å². The first kappa shape index (κ1) is 20.8. The molecule has 0 atom stereocenters. The number of nitrogens with zero attached hydrogens (tertiary/aromatic N) is 2. The molecule has 0 bridgehead atoms. The van der Waals surface area contributed by atoms with E-state index in [1.165, 1.54) is 6.21 Å². The molecule has 0 aliphatic heterocycles. The van der Waals surface area contributed by atoms with Crippen LogP contribution in [0.5, 0.6) is 5.75 Å². The third-order valence-electron chi connectivity index (χ3n) is 4.51. The van der Waals surface area contributed by atoms with Crippen molar-refractivity contribution in [3.05, 3.63) is 106 Å². The fourth-order valence-corrected chi connectivity index (χ4v) is 3.26. The number of amides is 1. The molecule has 7 heteroatoms. The number of pyridine rings is 1. The standard InChI is InChI=1S/C24H17Cl2N3O2/c25-19-11-9-16(10-12-19)15-31-22-8-4-2-6-20(22)24(30)29-27-14-18-13-17-5-1-3-7-21(17)28-23(18)26/h1-14H,15H2,(H,29,30)/b27-14+. The molecule has 4 rings (SSSR count). The Bertz CT molecular complexity index is 1260. The van der Waals surface area contributed by atoms with Crippen molar-refractivity contribution in [2.75, 3.05) is 0 Å². The van der Waals surface area contributed by atoms with Gasteiger partial charge in [0.25, 0.3) is 5.91 Å². The Morgan fingerprint density at radius 3 is 2.58 bits per heavy atom. The van der Waals surface area contributed by atoms with E-state index in [0.717, 1.165) is 16.5 Å². The Hall–Kier alpha value is -3.41. The van der Waals surface area contributed by atoms with E-state index in [1.54, 1.807) is 36.4 Å². The molecule has 1 amide bonds. The molecule has 0 unspecified atom stereocenters. The zero-order chi connectivity index (χ0) is 21.6. The van der Waals surface area contributed by atoms with E-state index in [4.69, 9.17) is 27.9 Å². The number of benzene rings is 3. The summed E-state index contributed by atoms with van der Waals surface area (Å²) >= 11 is 12.1. The zero-order valence-corrected chi connectivity index (χ0v) is 17.8. The molecule has 0 saturated carbocycles. The Morgan fingerprint density at radius 2 is 1.74 bits per heavy atom. The fourth-order valence-electron chi connectivity index (χ4n) is 2.94. The Morgan fingerprint density at radius 1 is 1.00 bits per heavy atom. The number of halogens is 2. The number of ether oxygens (including phenoxy) is 1. The minimum absolute atomic E-state index is 0.309. The van der Waals surface area contributed by atoms with Gasteiger partial charge in [0, 0.05) is 16.0 Å². The summed E-state index contributed by atoms with van der Waals surface area (Å²) in [6.45, 7) is 0.309. The molecule has 4 aromatic rings. The van der Waals surface area contributed by atoms with E-state index in [9.17, 15) is 4.79 Å². The van der Waals surface area contributed by atoms with Crippen molar-refractivity contribution in [3.8, 4) is 5.75 Å². The van der Waals surface area contributed by atoms with Crippen molar-refractivity contribution in [2.24, 2.45) is 5.10 Å². The van der Waals surface area contributed by atoms with Crippen LogP contribution in [-0.2, 0) is 6.61 Å². The maximum absolute atomic E-state index is 12.6. The van der Waals surface area contributed by atoms with Gasteiger partial charge in [-0.15, -0.1) is 0 Å². The molecule has 31 heavy (non-hydrogen) atoms. The van der Waals surface area contributed by atoms with Crippen LogP contribution in [0.4, 0.5) is 0 Å². The second-order valence-electron chi connectivity index (χ2n) is 6.67. The average Bonchev–Trinajstić information content (AvgIpc) is 2.79. The second kappa shape index (κ2) is 9.60. The number of hydrazone groups is 1. The smallest absolute Gasteiger partial charge is 0.275 e. The summed E-state index contributed by atoms with van der Waals surface area (Å²) in [5, 5.41) is 5.93. The Balaban J connectivity index is 1.45. The summed E-state index contributed by atoms with van der Waals surface area (Å²) in [5.41, 5.74) is 5.22. The van der Waals surface area contributed by atoms with Gasteiger partial charge < -0.3 is 4.74 Å². The van der Waals surface area contributed by atoms with Crippen molar-refractivity contribution >= 4 is 46.2 Å². The number of carbonyl (C=O) groups is 1. The highest BCUT2D eigenvalue weighted by molar-refractivity contribution is 6.32. The number of hydrogen-bond acceptors (Lipinski definition) is 4. The molecule has 0 radical (unpaired) electrons. The van der Waals surface area contributed by atoms with Crippen LogP contribution in [0, 0.1) is 0 Å². The Labute approximate surface area is 189 Å². The van der Waals surface area contributed by atoms with Crippen molar-refractivity contribution in [1.29, 1.82) is 0 Å². The zero-order valence-electron chi connectivity index (χ0n) is 16.3. The molecule has 1 aromatic heterocycles. The minimum atomic E-state index is -0.396. The van der Waals surface area contributed by atoms with Gasteiger partial charge in [0.05, 0.1) is 17.3 Å².